The number of rotatable bonds is 2. The maximum atomic E-state index is 6.18. The molecule has 1 aromatic heterocycles. The van der Waals surface area contributed by atoms with Crippen molar-refractivity contribution < 1.29 is 0 Å². The van der Waals surface area contributed by atoms with Crippen LogP contribution in [0.3, 0.4) is 0 Å². The van der Waals surface area contributed by atoms with Crippen LogP contribution in [0.1, 0.15) is 17.5 Å². The van der Waals surface area contributed by atoms with Crippen molar-refractivity contribution >= 4 is 28.2 Å². The molecule has 2 aromatic carbocycles. The van der Waals surface area contributed by atoms with E-state index in [9.17, 15) is 0 Å². The Morgan fingerprint density at radius 1 is 1.13 bits per heavy atom. The first-order chi connectivity index (χ1) is 11.3. The van der Waals surface area contributed by atoms with Crippen LogP contribution >= 0.6 is 11.6 Å². The summed E-state index contributed by atoms with van der Waals surface area (Å²) in [6.07, 6.45) is 2.15. The molecule has 3 N–H and O–H groups in total. The fourth-order valence-corrected chi connectivity index (χ4v) is 3.41. The van der Waals surface area contributed by atoms with Gasteiger partial charge in [-0.1, -0.05) is 35.9 Å². The molecule has 3 aromatic rings. The number of benzene rings is 2. The highest BCUT2D eigenvalue weighted by molar-refractivity contribution is 6.31. The zero-order valence-corrected chi connectivity index (χ0v) is 13.5. The quantitative estimate of drug-likeness (QED) is 0.736. The molecule has 3 nitrogen and oxygen atoms in total. The molecule has 0 spiro atoms. The van der Waals surface area contributed by atoms with E-state index in [-0.39, 0.29) is 0 Å². The van der Waals surface area contributed by atoms with Gasteiger partial charge >= 0.3 is 0 Å². The summed E-state index contributed by atoms with van der Waals surface area (Å²) in [4.78, 5) is 4.93. The highest BCUT2D eigenvalue weighted by Gasteiger charge is 2.19. The molecule has 0 atom stereocenters. The number of nitrogens with one attached hydrogen (secondary N) is 1. The standard InChI is InChI=1S/C19H18ClN3/c20-14-7-8-17-16(10-14)19-15(2-1-9-22-19)18(23-17)13-5-3-12(11-21)4-6-13/h3-8,10,22H,1-2,9,11,21H2. The first-order valence-corrected chi connectivity index (χ1v) is 8.29. The Bertz CT molecular complexity index is 872. The van der Waals surface area contributed by atoms with Crippen LogP contribution in [-0.2, 0) is 13.0 Å². The summed E-state index contributed by atoms with van der Waals surface area (Å²) in [5.74, 6) is 0. The highest BCUT2D eigenvalue weighted by atomic mass is 35.5. The van der Waals surface area contributed by atoms with E-state index in [4.69, 9.17) is 22.3 Å². The summed E-state index contributed by atoms with van der Waals surface area (Å²) < 4.78 is 0. The lowest BCUT2D eigenvalue weighted by Gasteiger charge is -2.23. The molecule has 0 unspecified atom stereocenters. The van der Waals surface area contributed by atoms with Crippen molar-refractivity contribution in [1.82, 2.24) is 4.98 Å². The second-order valence-corrected chi connectivity index (χ2v) is 6.34. The van der Waals surface area contributed by atoms with Gasteiger partial charge in [0.25, 0.3) is 0 Å². The van der Waals surface area contributed by atoms with Crippen molar-refractivity contribution in [1.29, 1.82) is 0 Å². The number of nitrogens with zero attached hydrogens (tertiary/aromatic N) is 1. The number of fused-ring (bicyclic) bond motifs is 3. The fourth-order valence-electron chi connectivity index (χ4n) is 3.24. The average molecular weight is 324 g/mol. The van der Waals surface area contributed by atoms with E-state index in [2.05, 4.69) is 29.6 Å². The van der Waals surface area contributed by atoms with Gasteiger partial charge in [0.2, 0.25) is 0 Å². The second-order valence-electron chi connectivity index (χ2n) is 5.91. The van der Waals surface area contributed by atoms with Crippen molar-refractivity contribution in [3.05, 3.63) is 58.6 Å². The smallest absolute Gasteiger partial charge is 0.0762 e. The number of hydrogen-bond acceptors (Lipinski definition) is 3. The van der Waals surface area contributed by atoms with E-state index < -0.39 is 0 Å². The molecular weight excluding hydrogens is 306 g/mol. The summed E-state index contributed by atoms with van der Waals surface area (Å²) in [5, 5.41) is 5.40. The molecule has 0 radical (unpaired) electrons. The van der Waals surface area contributed by atoms with Crippen LogP contribution < -0.4 is 11.1 Å². The Labute approximate surface area is 140 Å². The number of aromatic nitrogens is 1. The average Bonchev–Trinajstić information content (AvgIpc) is 2.61. The van der Waals surface area contributed by atoms with Crippen LogP contribution in [0.5, 0.6) is 0 Å². The van der Waals surface area contributed by atoms with Crippen molar-refractivity contribution in [2.75, 3.05) is 11.9 Å². The minimum atomic E-state index is 0.559. The van der Waals surface area contributed by atoms with Crippen molar-refractivity contribution in [2.24, 2.45) is 5.73 Å². The van der Waals surface area contributed by atoms with E-state index in [0.717, 1.165) is 52.1 Å². The molecule has 116 valence electrons. The topological polar surface area (TPSA) is 50.9 Å². The van der Waals surface area contributed by atoms with Gasteiger partial charge in [-0.25, -0.2) is 4.98 Å². The molecule has 1 aliphatic rings. The van der Waals surface area contributed by atoms with Crippen LogP contribution in [0.15, 0.2) is 42.5 Å². The fraction of sp³-hybridized carbons (Fsp3) is 0.211. The number of halogens is 1. The van der Waals surface area contributed by atoms with E-state index in [1.54, 1.807) is 0 Å². The van der Waals surface area contributed by atoms with Gasteiger partial charge < -0.3 is 11.1 Å². The second kappa shape index (κ2) is 5.84. The van der Waals surface area contributed by atoms with Gasteiger partial charge in [-0.05, 0) is 36.6 Å². The first kappa shape index (κ1) is 14.5. The van der Waals surface area contributed by atoms with Crippen LogP contribution in [0.4, 0.5) is 5.69 Å². The summed E-state index contributed by atoms with van der Waals surface area (Å²) in [5.41, 5.74) is 12.5. The van der Waals surface area contributed by atoms with Crippen molar-refractivity contribution in [2.45, 2.75) is 19.4 Å². The normalized spacial score (nSPS) is 13.7. The van der Waals surface area contributed by atoms with Gasteiger partial charge in [-0.15, -0.1) is 0 Å². The van der Waals surface area contributed by atoms with Crippen LogP contribution in [0.2, 0.25) is 5.02 Å². The number of nitrogens with two attached hydrogens (primary N) is 1. The van der Waals surface area contributed by atoms with Gasteiger partial charge in [-0.2, -0.15) is 0 Å². The van der Waals surface area contributed by atoms with E-state index in [1.165, 1.54) is 11.3 Å². The Morgan fingerprint density at radius 3 is 2.74 bits per heavy atom. The van der Waals surface area contributed by atoms with Gasteiger partial charge in [0.15, 0.2) is 0 Å². The molecule has 1 aliphatic heterocycles. The minimum Gasteiger partial charge on any atom is -0.384 e. The number of hydrogen-bond donors (Lipinski definition) is 2. The van der Waals surface area contributed by atoms with E-state index >= 15 is 0 Å². The largest absolute Gasteiger partial charge is 0.384 e. The predicted octanol–water partition coefficient (Wildman–Crippen LogP) is 4.37. The monoisotopic (exact) mass is 323 g/mol. The zero-order chi connectivity index (χ0) is 15.8. The third-order valence-electron chi connectivity index (χ3n) is 4.42. The molecule has 0 fully saturated rings. The van der Waals surface area contributed by atoms with E-state index in [1.807, 2.05) is 18.2 Å². The highest BCUT2D eigenvalue weighted by Crippen LogP contribution is 2.37. The van der Waals surface area contributed by atoms with E-state index in [0.29, 0.717) is 6.54 Å². The molecule has 4 rings (SSSR count). The van der Waals surface area contributed by atoms with Gasteiger partial charge in [0.05, 0.1) is 11.2 Å². The van der Waals surface area contributed by atoms with Crippen LogP contribution in [0.25, 0.3) is 22.2 Å². The zero-order valence-electron chi connectivity index (χ0n) is 12.8. The lowest BCUT2D eigenvalue weighted by atomic mass is 9.94. The van der Waals surface area contributed by atoms with Crippen LogP contribution in [-0.4, -0.2) is 11.5 Å². The maximum absolute atomic E-state index is 6.18. The summed E-state index contributed by atoms with van der Waals surface area (Å²) in [7, 11) is 0. The Balaban J connectivity index is 1.96. The molecule has 0 bridgehead atoms. The number of pyridine rings is 1. The Morgan fingerprint density at radius 2 is 1.96 bits per heavy atom. The molecule has 2 heterocycles. The Hall–Kier alpha value is -2.10. The molecule has 0 saturated carbocycles. The summed E-state index contributed by atoms with van der Waals surface area (Å²) >= 11 is 6.18. The molecule has 0 saturated heterocycles. The lowest BCUT2D eigenvalue weighted by molar-refractivity contribution is 0.831. The van der Waals surface area contributed by atoms with Crippen molar-refractivity contribution in [3.63, 3.8) is 0 Å². The number of anilines is 1. The molecule has 4 heteroatoms. The summed E-state index contributed by atoms with van der Waals surface area (Å²) in [6.45, 7) is 1.55. The van der Waals surface area contributed by atoms with Gasteiger partial charge in [-0.3, -0.25) is 0 Å². The third kappa shape index (κ3) is 2.56. The minimum absolute atomic E-state index is 0.559. The molecule has 0 aliphatic carbocycles. The van der Waals surface area contributed by atoms with Gasteiger partial charge in [0.1, 0.15) is 0 Å². The van der Waals surface area contributed by atoms with Gasteiger partial charge in [0, 0.05) is 40.3 Å². The van der Waals surface area contributed by atoms with Crippen LogP contribution in [0, 0.1) is 0 Å². The Kier molecular flexibility index (Phi) is 3.68. The van der Waals surface area contributed by atoms with Crippen molar-refractivity contribution in [3.8, 4) is 11.3 Å². The maximum Gasteiger partial charge on any atom is 0.0762 e. The molecule has 23 heavy (non-hydrogen) atoms. The first-order valence-electron chi connectivity index (χ1n) is 7.91. The SMILES string of the molecule is NCc1ccc(-c2nc3ccc(Cl)cc3c3c2CCCN3)cc1. The third-order valence-corrected chi connectivity index (χ3v) is 4.65. The molecule has 0 amide bonds. The lowest BCUT2D eigenvalue weighted by Crippen LogP contribution is -2.14. The molecular formula is C19H18ClN3. The summed E-state index contributed by atoms with van der Waals surface area (Å²) in [6, 6.07) is 14.3. The predicted molar refractivity (Wildman–Crippen MR) is 96.9 cm³/mol.